The third-order valence-electron chi connectivity index (χ3n) is 2.38. The molecule has 1 atom stereocenters. The number of carbonyl (C=O) groups is 1. The summed E-state index contributed by atoms with van der Waals surface area (Å²) in [5.74, 6) is 0.216. The van der Waals surface area contributed by atoms with Gasteiger partial charge in [0.1, 0.15) is 11.5 Å². The maximum Gasteiger partial charge on any atom is 0.305 e. The molecule has 0 bridgehead atoms. The quantitative estimate of drug-likeness (QED) is 0.841. The van der Waals surface area contributed by atoms with E-state index < -0.39 is 12.0 Å². The zero-order chi connectivity index (χ0) is 13.7. The van der Waals surface area contributed by atoms with Gasteiger partial charge in [-0.15, -0.1) is 0 Å². The van der Waals surface area contributed by atoms with Crippen LogP contribution in [0.25, 0.3) is 0 Å². The lowest BCUT2D eigenvalue weighted by atomic mass is 10.0. The van der Waals surface area contributed by atoms with E-state index in [4.69, 9.17) is 20.3 Å². The van der Waals surface area contributed by atoms with Crippen LogP contribution < -0.4 is 15.2 Å². The second-order valence-electron chi connectivity index (χ2n) is 3.66. The Hall–Kier alpha value is -1.27. The number of rotatable bonds is 6. The van der Waals surface area contributed by atoms with Crippen LogP contribution in [0.3, 0.4) is 0 Å². The van der Waals surface area contributed by atoms with Gasteiger partial charge in [-0.2, -0.15) is 0 Å². The highest BCUT2D eigenvalue weighted by Gasteiger charge is 2.18. The highest BCUT2D eigenvalue weighted by Crippen LogP contribution is 2.36. The number of hydrogen-bond donors (Lipinski definition) is 2. The summed E-state index contributed by atoms with van der Waals surface area (Å²) in [7, 11) is 1.55. The van der Waals surface area contributed by atoms with E-state index in [0.29, 0.717) is 28.1 Å². The Balaban J connectivity index is 3.15. The summed E-state index contributed by atoms with van der Waals surface area (Å²) in [6.07, 6.45) is -0.154. The normalized spacial score (nSPS) is 12.0. The van der Waals surface area contributed by atoms with Gasteiger partial charge in [0.2, 0.25) is 0 Å². The van der Waals surface area contributed by atoms with Gasteiger partial charge in [-0.3, -0.25) is 4.79 Å². The van der Waals surface area contributed by atoms with Gasteiger partial charge in [0.25, 0.3) is 0 Å². The first-order valence-corrected chi connectivity index (χ1v) is 6.26. The van der Waals surface area contributed by atoms with E-state index in [1.807, 2.05) is 6.92 Å². The van der Waals surface area contributed by atoms with E-state index in [-0.39, 0.29) is 6.42 Å². The summed E-state index contributed by atoms with van der Waals surface area (Å²) in [4.78, 5) is 10.7. The molecule has 0 spiro atoms. The Morgan fingerprint density at radius 3 is 2.67 bits per heavy atom. The van der Waals surface area contributed by atoms with Gasteiger partial charge in [-0.1, -0.05) is 0 Å². The zero-order valence-electron chi connectivity index (χ0n) is 10.3. The maximum atomic E-state index is 10.7. The van der Waals surface area contributed by atoms with Crippen LogP contribution in [0.2, 0.25) is 0 Å². The molecule has 1 unspecified atom stereocenters. The summed E-state index contributed by atoms with van der Waals surface area (Å²) >= 11 is 3.34. The molecular formula is C12H16BrNO4. The van der Waals surface area contributed by atoms with Crippen molar-refractivity contribution in [2.45, 2.75) is 19.4 Å². The molecule has 5 nitrogen and oxygen atoms in total. The third kappa shape index (κ3) is 3.61. The first-order chi connectivity index (χ1) is 8.49. The van der Waals surface area contributed by atoms with Gasteiger partial charge in [0, 0.05) is 17.7 Å². The fraction of sp³-hybridized carbons (Fsp3) is 0.417. The summed E-state index contributed by atoms with van der Waals surface area (Å²) in [5, 5.41) is 8.78. The van der Waals surface area contributed by atoms with Gasteiger partial charge in [0.05, 0.1) is 24.6 Å². The van der Waals surface area contributed by atoms with Crippen LogP contribution in [0.4, 0.5) is 0 Å². The largest absolute Gasteiger partial charge is 0.495 e. The van der Waals surface area contributed by atoms with Crippen molar-refractivity contribution < 1.29 is 19.4 Å². The number of ether oxygens (including phenoxy) is 2. The summed E-state index contributed by atoms with van der Waals surface area (Å²) in [6, 6.07) is 2.81. The summed E-state index contributed by atoms with van der Waals surface area (Å²) < 4.78 is 11.3. The van der Waals surface area contributed by atoms with E-state index in [9.17, 15) is 4.79 Å². The molecule has 0 aliphatic heterocycles. The average Bonchev–Trinajstić information content (AvgIpc) is 2.30. The second-order valence-corrected chi connectivity index (χ2v) is 4.52. The molecule has 0 saturated heterocycles. The Labute approximate surface area is 114 Å². The van der Waals surface area contributed by atoms with Crippen LogP contribution >= 0.6 is 15.9 Å². The minimum Gasteiger partial charge on any atom is -0.495 e. The van der Waals surface area contributed by atoms with Crippen molar-refractivity contribution in [3.63, 3.8) is 0 Å². The average molecular weight is 318 g/mol. The number of carboxylic acid groups (broad SMARTS) is 1. The van der Waals surface area contributed by atoms with Crippen molar-refractivity contribution in [1.29, 1.82) is 0 Å². The fourth-order valence-electron chi connectivity index (χ4n) is 1.57. The summed E-state index contributed by atoms with van der Waals surface area (Å²) in [5.41, 5.74) is 6.51. The number of carboxylic acids is 1. The molecule has 3 N–H and O–H groups in total. The van der Waals surface area contributed by atoms with Crippen LogP contribution in [-0.2, 0) is 4.79 Å². The number of methoxy groups -OCH3 is 1. The van der Waals surface area contributed by atoms with Crippen molar-refractivity contribution in [1.82, 2.24) is 0 Å². The minimum absolute atomic E-state index is 0.154. The van der Waals surface area contributed by atoms with Crippen molar-refractivity contribution in [2.75, 3.05) is 13.7 Å². The number of halogens is 1. The SMILES string of the molecule is CCOc1cc(OC)c(Br)cc1C(N)CC(=O)O. The van der Waals surface area contributed by atoms with Gasteiger partial charge >= 0.3 is 5.97 Å². The van der Waals surface area contributed by atoms with Crippen LogP contribution in [0.5, 0.6) is 11.5 Å². The molecule has 0 heterocycles. The molecule has 0 amide bonds. The fourth-order valence-corrected chi connectivity index (χ4v) is 2.10. The van der Waals surface area contributed by atoms with E-state index >= 15 is 0 Å². The van der Waals surface area contributed by atoms with E-state index in [1.54, 1.807) is 19.2 Å². The minimum atomic E-state index is -0.947. The Kier molecular flexibility index (Phi) is 5.43. The van der Waals surface area contributed by atoms with Gasteiger partial charge in [-0.25, -0.2) is 0 Å². The Morgan fingerprint density at radius 1 is 1.50 bits per heavy atom. The molecule has 100 valence electrons. The molecule has 1 rings (SSSR count). The molecule has 0 aliphatic rings. The molecule has 0 aromatic heterocycles. The van der Waals surface area contributed by atoms with Crippen molar-refractivity contribution in [3.05, 3.63) is 22.2 Å². The molecule has 0 aliphatic carbocycles. The van der Waals surface area contributed by atoms with Crippen LogP contribution in [0, 0.1) is 0 Å². The van der Waals surface area contributed by atoms with Gasteiger partial charge < -0.3 is 20.3 Å². The lowest BCUT2D eigenvalue weighted by Crippen LogP contribution is -2.16. The number of aliphatic carboxylic acids is 1. The topological polar surface area (TPSA) is 81.8 Å². The Bertz CT molecular complexity index is 436. The predicted molar refractivity (Wildman–Crippen MR) is 71.0 cm³/mol. The zero-order valence-corrected chi connectivity index (χ0v) is 11.9. The lowest BCUT2D eigenvalue weighted by Gasteiger charge is -2.17. The Morgan fingerprint density at radius 2 is 2.17 bits per heavy atom. The first kappa shape index (κ1) is 14.8. The van der Waals surface area contributed by atoms with Crippen LogP contribution in [0.15, 0.2) is 16.6 Å². The molecule has 0 radical (unpaired) electrons. The third-order valence-corrected chi connectivity index (χ3v) is 3.00. The van der Waals surface area contributed by atoms with Crippen LogP contribution in [-0.4, -0.2) is 24.8 Å². The molecular weight excluding hydrogens is 302 g/mol. The predicted octanol–water partition coefficient (Wildman–Crippen LogP) is 2.33. The summed E-state index contributed by atoms with van der Waals surface area (Å²) in [6.45, 7) is 2.32. The first-order valence-electron chi connectivity index (χ1n) is 5.47. The smallest absolute Gasteiger partial charge is 0.305 e. The standard InChI is InChI=1S/C12H16BrNO4/c1-3-18-10-6-11(17-2)8(13)4-7(10)9(14)5-12(15)16/h4,6,9H,3,5,14H2,1-2H3,(H,15,16). The van der Waals surface area contributed by atoms with E-state index in [2.05, 4.69) is 15.9 Å². The molecule has 1 aromatic carbocycles. The highest BCUT2D eigenvalue weighted by molar-refractivity contribution is 9.10. The monoisotopic (exact) mass is 317 g/mol. The van der Waals surface area contributed by atoms with E-state index in [1.165, 1.54) is 0 Å². The molecule has 0 saturated carbocycles. The van der Waals surface area contributed by atoms with Gasteiger partial charge in [-0.05, 0) is 28.9 Å². The number of benzene rings is 1. The molecule has 18 heavy (non-hydrogen) atoms. The number of nitrogens with two attached hydrogens (primary N) is 1. The molecule has 1 aromatic rings. The van der Waals surface area contributed by atoms with Crippen molar-refractivity contribution >= 4 is 21.9 Å². The highest BCUT2D eigenvalue weighted by atomic mass is 79.9. The second kappa shape index (κ2) is 6.61. The van der Waals surface area contributed by atoms with E-state index in [0.717, 1.165) is 0 Å². The molecule has 0 fully saturated rings. The van der Waals surface area contributed by atoms with Crippen LogP contribution in [0.1, 0.15) is 24.9 Å². The van der Waals surface area contributed by atoms with Crippen molar-refractivity contribution in [2.24, 2.45) is 5.73 Å². The maximum absolute atomic E-state index is 10.7. The lowest BCUT2D eigenvalue weighted by molar-refractivity contribution is -0.137. The van der Waals surface area contributed by atoms with Gasteiger partial charge in [0.15, 0.2) is 0 Å². The molecule has 6 heteroatoms. The number of hydrogen-bond acceptors (Lipinski definition) is 4. The van der Waals surface area contributed by atoms with Crippen molar-refractivity contribution in [3.8, 4) is 11.5 Å².